The lowest BCUT2D eigenvalue weighted by Crippen LogP contribution is -2.46. The molecule has 2 aromatic rings. The van der Waals surface area contributed by atoms with Gasteiger partial charge in [-0.15, -0.1) is 0 Å². The van der Waals surface area contributed by atoms with Crippen LogP contribution in [0.5, 0.6) is 0 Å². The third kappa shape index (κ3) is 4.37. The van der Waals surface area contributed by atoms with Gasteiger partial charge in [0.15, 0.2) is 0 Å². The first-order valence-corrected chi connectivity index (χ1v) is 10.1. The predicted molar refractivity (Wildman–Crippen MR) is 106 cm³/mol. The first kappa shape index (κ1) is 19.7. The van der Waals surface area contributed by atoms with Gasteiger partial charge in [-0.3, -0.25) is 14.5 Å². The zero-order chi connectivity index (χ0) is 20.4. The van der Waals surface area contributed by atoms with Crippen LogP contribution >= 0.6 is 0 Å². The number of hydrogen-bond donors (Lipinski definition) is 0. The Morgan fingerprint density at radius 3 is 2.07 bits per heavy atom. The summed E-state index contributed by atoms with van der Waals surface area (Å²) in [4.78, 5) is 28.6. The molecule has 0 bridgehead atoms. The summed E-state index contributed by atoms with van der Waals surface area (Å²) in [5.74, 6) is -0.493. The van der Waals surface area contributed by atoms with Crippen molar-refractivity contribution < 1.29 is 18.4 Å². The topological polar surface area (TPSA) is 40.6 Å². The van der Waals surface area contributed by atoms with Gasteiger partial charge in [0.2, 0.25) is 5.91 Å². The highest BCUT2D eigenvalue weighted by molar-refractivity contribution is 6.22. The van der Waals surface area contributed by atoms with Crippen molar-refractivity contribution in [2.45, 2.75) is 38.1 Å². The average Bonchev–Trinajstić information content (AvgIpc) is 3.03. The van der Waals surface area contributed by atoms with Crippen LogP contribution < -0.4 is 4.90 Å². The van der Waals surface area contributed by atoms with Crippen LogP contribution in [0.2, 0.25) is 0 Å². The summed E-state index contributed by atoms with van der Waals surface area (Å²) in [6, 6.07) is 11.7. The minimum Gasteiger partial charge on any atom is -0.292 e. The molecule has 0 radical (unpaired) electrons. The largest absolute Gasteiger partial charge is 0.292 e. The van der Waals surface area contributed by atoms with Gasteiger partial charge in [-0.05, 0) is 86.7 Å². The van der Waals surface area contributed by atoms with Crippen molar-refractivity contribution in [3.05, 3.63) is 65.7 Å². The fourth-order valence-electron chi connectivity index (χ4n) is 4.34. The average molecular weight is 398 g/mol. The second-order valence-electron chi connectivity index (χ2n) is 7.91. The molecule has 1 unspecified atom stereocenters. The number of imide groups is 1. The van der Waals surface area contributed by atoms with Gasteiger partial charge in [0, 0.05) is 0 Å². The summed E-state index contributed by atoms with van der Waals surface area (Å²) >= 11 is 0. The number of likely N-dealkylation sites (tertiary alicyclic amines) is 1. The maximum atomic E-state index is 13.1. The summed E-state index contributed by atoms with van der Waals surface area (Å²) in [6.45, 7) is 1.57. The number of anilines is 1. The molecule has 0 aliphatic carbocycles. The first-order chi connectivity index (χ1) is 14.0. The highest BCUT2D eigenvalue weighted by Gasteiger charge is 2.43. The maximum absolute atomic E-state index is 13.1. The zero-order valence-corrected chi connectivity index (χ0v) is 16.2. The normalized spacial score (nSPS) is 21.2. The van der Waals surface area contributed by atoms with Crippen LogP contribution in [0.25, 0.3) is 0 Å². The van der Waals surface area contributed by atoms with Crippen LogP contribution in [0.4, 0.5) is 14.5 Å². The molecule has 2 aliphatic heterocycles. The minimum atomic E-state index is -0.425. The van der Waals surface area contributed by atoms with E-state index in [1.54, 1.807) is 0 Å². The summed E-state index contributed by atoms with van der Waals surface area (Å²) in [6.07, 6.45) is 4.10. The maximum Gasteiger partial charge on any atom is 0.251 e. The van der Waals surface area contributed by atoms with Crippen LogP contribution in [-0.4, -0.2) is 35.8 Å². The number of aryl methyl sites for hydroxylation is 1. The molecule has 4 rings (SSSR count). The number of halogens is 2. The smallest absolute Gasteiger partial charge is 0.251 e. The van der Waals surface area contributed by atoms with Gasteiger partial charge < -0.3 is 0 Å². The molecule has 0 spiro atoms. The second kappa shape index (κ2) is 8.41. The summed E-state index contributed by atoms with van der Waals surface area (Å²) in [5, 5.41) is 0. The Labute approximate surface area is 169 Å². The third-order valence-electron chi connectivity index (χ3n) is 6.05. The van der Waals surface area contributed by atoms with Crippen LogP contribution in [0.3, 0.4) is 0 Å². The van der Waals surface area contributed by atoms with Gasteiger partial charge in [0.25, 0.3) is 5.91 Å². The summed E-state index contributed by atoms with van der Waals surface area (Å²) in [7, 11) is 0. The number of nitrogens with zero attached hydrogens (tertiary/aromatic N) is 2. The van der Waals surface area contributed by atoms with Crippen molar-refractivity contribution in [1.82, 2.24) is 4.90 Å². The molecule has 2 heterocycles. The van der Waals surface area contributed by atoms with Crippen molar-refractivity contribution in [2.75, 3.05) is 18.0 Å². The van der Waals surface area contributed by atoms with Crippen molar-refractivity contribution >= 4 is 17.5 Å². The molecule has 2 aromatic carbocycles. The van der Waals surface area contributed by atoms with Gasteiger partial charge in [0.05, 0.1) is 18.2 Å². The van der Waals surface area contributed by atoms with Crippen molar-refractivity contribution in [3.63, 3.8) is 0 Å². The van der Waals surface area contributed by atoms with Crippen LogP contribution in [-0.2, 0) is 16.0 Å². The Hall–Kier alpha value is -2.60. The molecule has 0 N–H and O–H groups in total. The van der Waals surface area contributed by atoms with E-state index in [2.05, 4.69) is 4.90 Å². The molecule has 29 heavy (non-hydrogen) atoms. The highest BCUT2D eigenvalue weighted by atomic mass is 19.1. The van der Waals surface area contributed by atoms with E-state index in [1.165, 1.54) is 41.3 Å². The summed E-state index contributed by atoms with van der Waals surface area (Å²) in [5.41, 5.74) is 1.57. The minimum absolute atomic E-state index is 0.177. The van der Waals surface area contributed by atoms with E-state index >= 15 is 0 Å². The van der Waals surface area contributed by atoms with E-state index in [-0.39, 0.29) is 24.1 Å². The predicted octanol–water partition coefficient (Wildman–Crippen LogP) is 3.94. The molecule has 6 heteroatoms. The molecule has 152 valence electrons. The Balaban J connectivity index is 1.31. The van der Waals surface area contributed by atoms with Crippen molar-refractivity contribution in [1.29, 1.82) is 0 Å². The third-order valence-corrected chi connectivity index (χ3v) is 6.05. The quantitative estimate of drug-likeness (QED) is 0.717. The fourth-order valence-corrected chi connectivity index (χ4v) is 4.34. The Bertz CT molecular complexity index is 875. The van der Waals surface area contributed by atoms with Gasteiger partial charge >= 0.3 is 0 Å². The second-order valence-corrected chi connectivity index (χ2v) is 7.91. The number of carbonyl (C=O) groups is 2. The number of hydrogen-bond acceptors (Lipinski definition) is 3. The van der Waals surface area contributed by atoms with Gasteiger partial charge in [-0.25, -0.2) is 13.7 Å². The zero-order valence-electron chi connectivity index (χ0n) is 16.2. The number of benzene rings is 2. The molecule has 0 saturated carbocycles. The molecule has 1 atom stereocenters. The lowest BCUT2D eigenvalue weighted by atomic mass is 9.90. The SMILES string of the molecule is O=C1CC(N2CCC(CCc3ccc(F)cc3)CC2)C(=O)N1c1ccc(F)cc1. The molecule has 0 aromatic heterocycles. The van der Waals surface area contributed by atoms with E-state index in [4.69, 9.17) is 0 Å². The van der Waals surface area contributed by atoms with Crippen molar-refractivity contribution in [3.8, 4) is 0 Å². The van der Waals surface area contributed by atoms with Crippen LogP contribution in [0.15, 0.2) is 48.5 Å². The van der Waals surface area contributed by atoms with E-state index in [0.29, 0.717) is 11.6 Å². The lowest BCUT2D eigenvalue weighted by Gasteiger charge is -2.34. The number of carbonyl (C=O) groups excluding carboxylic acids is 2. The molecule has 2 aliphatic rings. The Morgan fingerprint density at radius 2 is 1.45 bits per heavy atom. The molecule has 4 nitrogen and oxygen atoms in total. The fraction of sp³-hybridized carbons (Fsp3) is 0.391. The number of piperidine rings is 1. The number of amides is 2. The molecule has 2 amide bonds. The standard InChI is InChI=1S/C23H24F2N2O2/c24-18-5-3-16(4-6-18)1-2-17-11-13-26(14-12-17)21-15-22(28)27(23(21)29)20-9-7-19(25)8-10-20/h3-10,17,21H,1-2,11-15H2. The van der Waals surface area contributed by atoms with Gasteiger partial charge in [0.1, 0.15) is 11.6 Å². The molecule has 2 fully saturated rings. The summed E-state index contributed by atoms with van der Waals surface area (Å²) < 4.78 is 26.2. The lowest BCUT2D eigenvalue weighted by molar-refractivity contribution is -0.123. The van der Waals surface area contributed by atoms with Crippen LogP contribution in [0, 0.1) is 17.6 Å². The van der Waals surface area contributed by atoms with Crippen LogP contribution in [0.1, 0.15) is 31.2 Å². The van der Waals surface area contributed by atoms with E-state index in [9.17, 15) is 18.4 Å². The Kier molecular flexibility index (Phi) is 5.72. The monoisotopic (exact) mass is 398 g/mol. The van der Waals surface area contributed by atoms with E-state index < -0.39 is 11.9 Å². The molecular weight excluding hydrogens is 374 g/mol. The molecular formula is C23H24F2N2O2. The van der Waals surface area contributed by atoms with E-state index in [1.807, 2.05) is 12.1 Å². The molecule has 2 saturated heterocycles. The van der Waals surface area contributed by atoms with Gasteiger partial charge in [-0.2, -0.15) is 0 Å². The van der Waals surface area contributed by atoms with Crippen molar-refractivity contribution in [2.24, 2.45) is 5.92 Å². The number of rotatable bonds is 5. The van der Waals surface area contributed by atoms with E-state index in [0.717, 1.165) is 44.3 Å². The van der Waals surface area contributed by atoms with Gasteiger partial charge in [-0.1, -0.05) is 12.1 Å². The first-order valence-electron chi connectivity index (χ1n) is 10.1. The highest BCUT2D eigenvalue weighted by Crippen LogP contribution is 2.30. The Morgan fingerprint density at radius 1 is 0.862 bits per heavy atom.